The second kappa shape index (κ2) is 5.01. The predicted octanol–water partition coefficient (Wildman–Crippen LogP) is 3.32. The smallest absolute Gasteiger partial charge is 0.161 e. The molecule has 2 rings (SSSR count). The van der Waals surface area contributed by atoms with Gasteiger partial charge in [0.15, 0.2) is 5.78 Å². The van der Waals surface area contributed by atoms with E-state index in [9.17, 15) is 4.79 Å². The Morgan fingerprint density at radius 1 is 1.33 bits per heavy atom. The zero-order valence-corrected chi connectivity index (χ0v) is 11.4. The van der Waals surface area contributed by atoms with Crippen LogP contribution in [0.2, 0.25) is 0 Å². The number of hydrogen-bond donors (Lipinski definition) is 2. The first-order chi connectivity index (χ1) is 8.49. The number of rotatable bonds is 3. The lowest BCUT2D eigenvalue weighted by Gasteiger charge is -2.21. The van der Waals surface area contributed by atoms with Crippen LogP contribution in [-0.2, 0) is 0 Å². The average Bonchev–Trinajstić information content (AvgIpc) is 2.63. The molecule has 98 valence electrons. The molecule has 0 radical (unpaired) electrons. The van der Waals surface area contributed by atoms with Crippen LogP contribution >= 0.6 is 0 Å². The van der Waals surface area contributed by atoms with Crippen LogP contribution in [-0.4, -0.2) is 11.8 Å². The van der Waals surface area contributed by atoms with E-state index >= 15 is 0 Å². The minimum atomic E-state index is 0.0176. The van der Waals surface area contributed by atoms with Crippen molar-refractivity contribution in [1.82, 2.24) is 0 Å². The van der Waals surface area contributed by atoms with E-state index in [-0.39, 0.29) is 5.78 Å². The van der Waals surface area contributed by atoms with Crippen molar-refractivity contribution in [3.8, 4) is 0 Å². The lowest BCUT2D eigenvalue weighted by Crippen LogP contribution is -2.24. The Balaban J connectivity index is 2.15. The maximum atomic E-state index is 11.5. The molecule has 0 bridgehead atoms. The molecule has 1 saturated carbocycles. The van der Waals surface area contributed by atoms with Crippen molar-refractivity contribution < 1.29 is 4.79 Å². The SMILES string of the molecule is CC(=O)c1cc(NC2CCC(C)C2C)ccc1N. The Labute approximate surface area is 109 Å². The van der Waals surface area contributed by atoms with Crippen molar-refractivity contribution in [3.63, 3.8) is 0 Å². The van der Waals surface area contributed by atoms with E-state index in [1.165, 1.54) is 12.8 Å². The van der Waals surface area contributed by atoms with Crippen LogP contribution in [0.3, 0.4) is 0 Å². The van der Waals surface area contributed by atoms with E-state index in [4.69, 9.17) is 5.73 Å². The number of Topliss-reactive ketones (excluding diaryl/α,β-unsaturated/α-hetero) is 1. The number of hydrogen-bond acceptors (Lipinski definition) is 3. The average molecular weight is 246 g/mol. The molecule has 1 aliphatic rings. The molecule has 3 unspecified atom stereocenters. The Bertz CT molecular complexity index is 456. The van der Waals surface area contributed by atoms with Crippen LogP contribution in [0.4, 0.5) is 11.4 Å². The molecule has 0 aromatic heterocycles. The molecular formula is C15H22N2O. The summed E-state index contributed by atoms with van der Waals surface area (Å²) >= 11 is 0. The second-order valence-electron chi connectivity index (χ2n) is 5.52. The molecule has 0 saturated heterocycles. The number of benzene rings is 1. The quantitative estimate of drug-likeness (QED) is 0.635. The third-order valence-electron chi connectivity index (χ3n) is 4.25. The number of carbonyl (C=O) groups excluding carboxylic acids is 1. The number of nitrogens with one attached hydrogen (secondary N) is 1. The molecule has 1 aromatic rings. The number of nitrogens with two attached hydrogens (primary N) is 1. The molecular weight excluding hydrogens is 224 g/mol. The van der Waals surface area contributed by atoms with Crippen molar-refractivity contribution in [2.75, 3.05) is 11.1 Å². The molecule has 3 atom stereocenters. The van der Waals surface area contributed by atoms with Gasteiger partial charge in [-0.3, -0.25) is 4.79 Å². The van der Waals surface area contributed by atoms with Gasteiger partial charge in [-0.1, -0.05) is 13.8 Å². The largest absolute Gasteiger partial charge is 0.398 e. The molecule has 1 aliphatic carbocycles. The van der Waals surface area contributed by atoms with Gasteiger partial charge >= 0.3 is 0 Å². The van der Waals surface area contributed by atoms with Crippen molar-refractivity contribution in [1.29, 1.82) is 0 Å². The summed E-state index contributed by atoms with van der Waals surface area (Å²) in [5.41, 5.74) is 7.97. The number of carbonyl (C=O) groups is 1. The summed E-state index contributed by atoms with van der Waals surface area (Å²) in [5, 5.41) is 3.54. The van der Waals surface area contributed by atoms with E-state index in [2.05, 4.69) is 19.2 Å². The Morgan fingerprint density at radius 3 is 2.61 bits per heavy atom. The summed E-state index contributed by atoms with van der Waals surface area (Å²) in [6, 6.07) is 6.14. The maximum Gasteiger partial charge on any atom is 0.161 e. The molecule has 0 amide bonds. The molecule has 18 heavy (non-hydrogen) atoms. The molecule has 0 spiro atoms. The Morgan fingerprint density at radius 2 is 2.06 bits per heavy atom. The molecule has 1 fully saturated rings. The number of nitrogen functional groups attached to an aromatic ring is 1. The zero-order valence-electron chi connectivity index (χ0n) is 11.4. The Hall–Kier alpha value is -1.51. The maximum absolute atomic E-state index is 11.5. The van der Waals surface area contributed by atoms with Gasteiger partial charge in [0.25, 0.3) is 0 Å². The first-order valence-electron chi connectivity index (χ1n) is 6.66. The van der Waals surface area contributed by atoms with Gasteiger partial charge in [-0.2, -0.15) is 0 Å². The lowest BCUT2D eigenvalue weighted by molar-refractivity contribution is 0.101. The lowest BCUT2D eigenvalue weighted by atomic mass is 9.97. The van der Waals surface area contributed by atoms with Crippen molar-refractivity contribution >= 4 is 17.2 Å². The summed E-state index contributed by atoms with van der Waals surface area (Å²) in [6.07, 6.45) is 2.47. The van der Waals surface area contributed by atoms with E-state index < -0.39 is 0 Å². The highest BCUT2D eigenvalue weighted by atomic mass is 16.1. The minimum Gasteiger partial charge on any atom is -0.398 e. The third-order valence-corrected chi connectivity index (χ3v) is 4.25. The molecule has 3 nitrogen and oxygen atoms in total. The molecule has 0 aliphatic heterocycles. The van der Waals surface area contributed by atoms with Crippen LogP contribution in [0.25, 0.3) is 0 Å². The highest BCUT2D eigenvalue weighted by molar-refractivity contribution is 6.00. The first-order valence-corrected chi connectivity index (χ1v) is 6.66. The van der Waals surface area contributed by atoms with Crippen molar-refractivity contribution in [2.24, 2.45) is 11.8 Å². The summed E-state index contributed by atoms with van der Waals surface area (Å²) in [5.74, 6) is 1.45. The van der Waals surface area contributed by atoms with Gasteiger partial charge in [0.2, 0.25) is 0 Å². The zero-order chi connectivity index (χ0) is 13.3. The van der Waals surface area contributed by atoms with Crippen molar-refractivity contribution in [3.05, 3.63) is 23.8 Å². The number of anilines is 2. The van der Waals surface area contributed by atoms with E-state index in [0.717, 1.165) is 11.6 Å². The standard InChI is InChI=1S/C15H22N2O/c1-9-4-7-15(10(9)2)17-12-5-6-14(16)13(8-12)11(3)18/h5-6,8-10,15,17H,4,7,16H2,1-3H3. The molecule has 3 heteroatoms. The van der Waals surface area contributed by atoms with Gasteiger partial charge in [-0.15, -0.1) is 0 Å². The molecule has 3 N–H and O–H groups in total. The predicted molar refractivity (Wildman–Crippen MR) is 75.8 cm³/mol. The summed E-state index contributed by atoms with van der Waals surface area (Å²) < 4.78 is 0. The fourth-order valence-electron chi connectivity index (χ4n) is 2.73. The van der Waals surface area contributed by atoms with Crippen LogP contribution in [0.5, 0.6) is 0 Å². The highest BCUT2D eigenvalue weighted by Crippen LogP contribution is 2.33. The van der Waals surface area contributed by atoms with Gasteiger partial charge in [0.1, 0.15) is 0 Å². The summed E-state index contributed by atoms with van der Waals surface area (Å²) in [6.45, 7) is 6.14. The van der Waals surface area contributed by atoms with Gasteiger partial charge in [-0.25, -0.2) is 0 Å². The summed E-state index contributed by atoms with van der Waals surface area (Å²) in [4.78, 5) is 11.5. The first kappa shape index (κ1) is 12.9. The fraction of sp³-hybridized carbons (Fsp3) is 0.533. The van der Waals surface area contributed by atoms with Gasteiger partial charge in [0, 0.05) is 23.0 Å². The normalized spacial score (nSPS) is 27.2. The van der Waals surface area contributed by atoms with Crippen LogP contribution in [0, 0.1) is 11.8 Å². The van der Waals surface area contributed by atoms with Crippen LogP contribution < -0.4 is 11.1 Å². The monoisotopic (exact) mass is 246 g/mol. The second-order valence-corrected chi connectivity index (χ2v) is 5.52. The van der Waals surface area contributed by atoms with E-state index in [1.807, 2.05) is 18.2 Å². The topological polar surface area (TPSA) is 55.1 Å². The molecule has 1 aromatic carbocycles. The summed E-state index contributed by atoms with van der Waals surface area (Å²) in [7, 11) is 0. The van der Waals surface area contributed by atoms with Gasteiger partial charge in [-0.05, 0) is 49.8 Å². The highest BCUT2D eigenvalue weighted by Gasteiger charge is 2.29. The van der Waals surface area contributed by atoms with E-state index in [1.54, 1.807) is 6.92 Å². The van der Waals surface area contributed by atoms with E-state index in [0.29, 0.717) is 23.2 Å². The number of ketones is 1. The Kier molecular flexibility index (Phi) is 3.60. The van der Waals surface area contributed by atoms with Crippen LogP contribution in [0.1, 0.15) is 44.0 Å². The minimum absolute atomic E-state index is 0.0176. The molecule has 0 heterocycles. The van der Waals surface area contributed by atoms with Crippen molar-refractivity contribution in [2.45, 2.75) is 39.7 Å². The van der Waals surface area contributed by atoms with Gasteiger partial charge < -0.3 is 11.1 Å². The van der Waals surface area contributed by atoms with Gasteiger partial charge in [0.05, 0.1) is 0 Å². The fourth-order valence-corrected chi connectivity index (χ4v) is 2.73. The van der Waals surface area contributed by atoms with Crippen LogP contribution in [0.15, 0.2) is 18.2 Å². The third kappa shape index (κ3) is 2.50.